The summed E-state index contributed by atoms with van der Waals surface area (Å²) in [6.07, 6.45) is 0. The van der Waals surface area contributed by atoms with E-state index in [1.165, 1.54) is 13.8 Å². The Morgan fingerprint density at radius 2 is 1.89 bits per heavy atom. The SMILES string of the molecule is Cc1ccc(N)c(C)c1S(=O)(=O)NCC(C)(C)O. The summed E-state index contributed by atoms with van der Waals surface area (Å²) in [5, 5.41) is 9.57. The third-order valence-electron chi connectivity index (χ3n) is 2.61. The number of rotatable bonds is 4. The summed E-state index contributed by atoms with van der Waals surface area (Å²) in [6.45, 7) is 6.40. The topological polar surface area (TPSA) is 92.4 Å². The molecule has 0 atom stereocenters. The molecule has 0 bridgehead atoms. The van der Waals surface area contributed by atoms with Crippen molar-refractivity contribution in [3.05, 3.63) is 23.3 Å². The molecule has 4 N–H and O–H groups in total. The molecular formula is C12H20N2O3S. The fraction of sp³-hybridized carbons (Fsp3) is 0.500. The molecule has 0 aliphatic heterocycles. The zero-order valence-electron chi connectivity index (χ0n) is 11.1. The van der Waals surface area contributed by atoms with Crippen LogP contribution in [0.25, 0.3) is 0 Å². The number of sulfonamides is 1. The van der Waals surface area contributed by atoms with Gasteiger partial charge in [-0.1, -0.05) is 6.07 Å². The van der Waals surface area contributed by atoms with Crippen molar-refractivity contribution in [3.63, 3.8) is 0 Å². The standard InChI is InChI=1S/C12H20N2O3S/c1-8-5-6-10(13)9(2)11(8)18(16,17)14-7-12(3,4)15/h5-6,14-15H,7,13H2,1-4H3. The van der Waals surface area contributed by atoms with Crippen molar-refractivity contribution in [1.29, 1.82) is 0 Å². The molecule has 0 saturated carbocycles. The highest BCUT2D eigenvalue weighted by molar-refractivity contribution is 7.89. The number of hydrogen-bond acceptors (Lipinski definition) is 4. The lowest BCUT2D eigenvalue weighted by Crippen LogP contribution is -2.38. The first kappa shape index (κ1) is 14.9. The van der Waals surface area contributed by atoms with Gasteiger partial charge in [0.2, 0.25) is 10.0 Å². The van der Waals surface area contributed by atoms with Gasteiger partial charge in [0.05, 0.1) is 10.5 Å². The van der Waals surface area contributed by atoms with Gasteiger partial charge in [0.1, 0.15) is 0 Å². The molecule has 0 unspecified atom stereocenters. The Kier molecular flexibility index (Phi) is 4.05. The maximum Gasteiger partial charge on any atom is 0.241 e. The lowest BCUT2D eigenvalue weighted by Gasteiger charge is -2.19. The number of nitrogens with two attached hydrogens (primary N) is 1. The highest BCUT2D eigenvalue weighted by atomic mass is 32.2. The van der Waals surface area contributed by atoms with Crippen molar-refractivity contribution < 1.29 is 13.5 Å². The van der Waals surface area contributed by atoms with Crippen LogP contribution in [-0.2, 0) is 10.0 Å². The van der Waals surface area contributed by atoms with Gasteiger partial charge in [-0.2, -0.15) is 0 Å². The largest absolute Gasteiger partial charge is 0.398 e. The van der Waals surface area contributed by atoms with Crippen LogP contribution in [0.4, 0.5) is 5.69 Å². The predicted molar refractivity (Wildman–Crippen MR) is 71.8 cm³/mol. The Hall–Kier alpha value is -1.11. The minimum Gasteiger partial charge on any atom is -0.398 e. The maximum absolute atomic E-state index is 12.2. The Balaban J connectivity index is 3.18. The number of aryl methyl sites for hydroxylation is 1. The van der Waals surface area contributed by atoms with Crippen molar-refractivity contribution in [2.24, 2.45) is 0 Å². The van der Waals surface area contributed by atoms with Crippen LogP contribution in [0, 0.1) is 13.8 Å². The van der Waals surface area contributed by atoms with Gasteiger partial charge in [-0.05, 0) is 44.9 Å². The van der Waals surface area contributed by atoms with E-state index in [0.29, 0.717) is 16.8 Å². The predicted octanol–water partition coefficient (Wildman–Crippen LogP) is 0.935. The van der Waals surface area contributed by atoms with Crippen molar-refractivity contribution in [2.45, 2.75) is 38.2 Å². The third kappa shape index (κ3) is 3.44. The molecule has 0 fully saturated rings. The number of aliphatic hydroxyl groups is 1. The molecule has 0 heterocycles. The van der Waals surface area contributed by atoms with Gasteiger partial charge in [-0.25, -0.2) is 13.1 Å². The fourth-order valence-electron chi connectivity index (χ4n) is 1.60. The van der Waals surface area contributed by atoms with Crippen LogP contribution in [0.2, 0.25) is 0 Å². The second kappa shape index (κ2) is 4.87. The summed E-state index contributed by atoms with van der Waals surface area (Å²) in [6, 6.07) is 3.35. The van der Waals surface area contributed by atoms with Crippen molar-refractivity contribution in [2.75, 3.05) is 12.3 Å². The summed E-state index contributed by atoms with van der Waals surface area (Å²) in [7, 11) is -3.67. The van der Waals surface area contributed by atoms with E-state index >= 15 is 0 Å². The number of nitrogen functional groups attached to an aromatic ring is 1. The highest BCUT2D eigenvalue weighted by Crippen LogP contribution is 2.24. The second-order valence-electron chi connectivity index (χ2n) is 5.06. The zero-order chi connectivity index (χ0) is 14.1. The van der Waals surface area contributed by atoms with E-state index in [1.807, 2.05) is 0 Å². The summed E-state index contributed by atoms with van der Waals surface area (Å²) in [5.74, 6) is 0. The summed E-state index contributed by atoms with van der Waals surface area (Å²) in [5.41, 5.74) is 6.21. The molecule has 0 aliphatic rings. The van der Waals surface area contributed by atoms with Gasteiger partial charge in [0.25, 0.3) is 0 Å². The highest BCUT2D eigenvalue weighted by Gasteiger charge is 2.23. The van der Waals surface area contributed by atoms with Crippen molar-refractivity contribution in [3.8, 4) is 0 Å². The molecular weight excluding hydrogens is 252 g/mol. The fourth-order valence-corrected chi connectivity index (χ4v) is 3.30. The van der Waals surface area contributed by atoms with E-state index in [-0.39, 0.29) is 11.4 Å². The lowest BCUT2D eigenvalue weighted by atomic mass is 10.1. The first-order chi connectivity index (χ1) is 8.04. The van der Waals surface area contributed by atoms with Gasteiger partial charge in [0, 0.05) is 12.2 Å². The number of hydrogen-bond donors (Lipinski definition) is 3. The number of anilines is 1. The summed E-state index contributed by atoms with van der Waals surface area (Å²) < 4.78 is 26.8. The third-order valence-corrected chi connectivity index (χ3v) is 4.30. The van der Waals surface area contributed by atoms with Crippen LogP contribution in [-0.4, -0.2) is 25.7 Å². The molecule has 0 radical (unpaired) electrons. The molecule has 1 rings (SSSR count). The minimum atomic E-state index is -3.67. The van der Waals surface area contributed by atoms with Crippen LogP contribution in [0.15, 0.2) is 17.0 Å². The Morgan fingerprint density at radius 1 is 1.33 bits per heavy atom. The van der Waals surface area contributed by atoms with E-state index < -0.39 is 15.6 Å². The molecule has 0 spiro atoms. The lowest BCUT2D eigenvalue weighted by molar-refractivity contribution is 0.0857. The van der Waals surface area contributed by atoms with Crippen LogP contribution in [0.5, 0.6) is 0 Å². The maximum atomic E-state index is 12.2. The van der Waals surface area contributed by atoms with Crippen LogP contribution >= 0.6 is 0 Å². The average molecular weight is 272 g/mol. The Labute approximate surface area is 108 Å². The van der Waals surface area contributed by atoms with Crippen LogP contribution in [0.3, 0.4) is 0 Å². The van der Waals surface area contributed by atoms with E-state index in [1.54, 1.807) is 26.0 Å². The molecule has 5 nitrogen and oxygen atoms in total. The number of nitrogens with one attached hydrogen (secondary N) is 1. The van der Waals surface area contributed by atoms with Crippen molar-refractivity contribution >= 4 is 15.7 Å². The Morgan fingerprint density at radius 3 is 2.39 bits per heavy atom. The quantitative estimate of drug-likeness (QED) is 0.711. The van der Waals surface area contributed by atoms with Gasteiger partial charge in [-0.3, -0.25) is 0 Å². The smallest absolute Gasteiger partial charge is 0.241 e. The molecule has 0 amide bonds. The molecule has 6 heteroatoms. The average Bonchev–Trinajstić information content (AvgIpc) is 2.20. The molecule has 102 valence electrons. The van der Waals surface area contributed by atoms with Gasteiger partial charge in [0.15, 0.2) is 0 Å². The van der Waals surface area contributed by atoms with Gasteiger partial charge in [-0.15, -0.1) is 0 Å². The molecule has 1 aromatic carbocycles. The zero-order valence-corrected chi connectivity index (χ0v) is 11.9. The normalized spacial score (nSPS) is 12.7. The van der Waals surface area contributed by atoms with Crippen molar-refractivity contribution in [1.82, 2.24) is 4.72 Å². The van der Waals surface area contributed by atoms with Crippen LogP contribution in [0.1, 0.15) is 25.0 Å². The van der Waals surface area contributed by atoms with E-state index in [9.17, 15) is 13.5 Å². The minimum absolute atomic E-state index is 0.0526. The van der Waals surface area contributed by atoms with Gasteiger partial charge >= 0.3 is 0 Å². The molecule has 0 saturated heterocycles. The molecule has 0 aliphatic carbocycles. The molecule has 1 aromatic rings. The molecule has 0 aromatic heterocycles. The first-order valence-corrected chi connectivity index (χ1v) is 7.10. The van der Waals surface area contributed by atoms with E-state index in [2.05, 4.69) is 4.72 Å². The van der Waals surface area contributed by atoms with E-state index in [4.69, 9.17) is 5.73 Å². The van der Waals surface area contributed by atoms with E-state index in [0.717, 1.165) is 0 Å². The second-order valence-corrected chi connectivity index (χ2v) is 6.77. The summed E-state index contributed by atoms with van der Waals surface area (Å²) >= 11 is 0. The van der Waals surface area contributed by atoms with Crippen LogP contribution < -0.4 is 10.5 Å². The summed E-state index contributed by atoms with van der Waals surface area (Å²) in [4.78, 5) is 0.187. The first-order valence-electron chi connectivity index (χ1n) is 5.62. The van der Waals surface area contributed by atoms with Gasteiger partial charge < -0.3 is 10.8 Å². The molecule has 18 heavy (non-hydrogen) atoms. The monoisotopic (exact) mass is 272 g/mol. The number of benzene rings is 1. The Bertz CT molecular complexity index is 545.